The summed E-state index contributed by atoms with van der Waals surface area (Å²) < 4.78 is 26.2. The number of nitrogens with one attached hydrogen (secondary N) is 4. The molecule has 7 N–H and O–H groups in total. The Kier molecular flexibility index (Phi) is 10.0. The van der Waals surface area contributed by atoms with Crippen molar-refractivity contribution in [3.05, 3.63) is 101 Å². The van der Waals surface area contributed by atoms with Crippen molar-refractivity contribution in [2.24, 2.45) is 5.73 Å². The first-order valence-electron chi connectivity index (χ1n) is 11.4. The fraction of sp³-hybridized carbons (Fsp3) is 0.148. The van der Waals surface area contributed by atoms with Gasteiger partial charge in [0.05, 0.1) is 6.54 Å². The Labute approximate surface area is 217 Å². The molecule has 3 aromatic carbocycles. The van der Waals surface area contributed by atoms with Crippen LogP contribution < -0.4 is 27.2 Å². The van der Waals surface area contributed by atoms with Gasteiger partial charge in [0.15, 0.2) is 11.6 Å². The highest BCUT2D eigenvalue weighted by Crippen LogP contribution is 2.10. The fourth-order valence-corrected chi connectivity index (χ4v) is 3.21. The Morgan fingerprint density at radius 1 is 0.895 bits per heavy atom. The van der Waals surface area contributed by atoms with Gasteiger partial charge in [-0.15, -0.1) is 0 Å². The molecule has 0 saturated carbocycles. The summed E-state index contributed by atoms with van der Waals surface area (Å²) in [5, 5.41) is 16.7. The molecule has 0 aliphatic heterocycles. The van der Waals surface area contributed by atoms with Crippen LogP contribution >= 0.6 is 0 Å². The number of nitrogens with two attached hydrogens (primary N) is 1. The first-order valence-corrected chi connectivity index (χ1v) is 11.4. The predicted molar refractivity (Wildman–Crippen MR) is 136 cm³/mol. The van der Waals surface area contributed by atoms with Gasteiger partial charge in [-0.3, -0.25) is 19.6 Å². The van der Waals surface area contributed by atoms with E-state index in [0.717, 1.165) is 12.1 Å². The van der Waals surface area contributed by atoms with Gasteiger partial charge in [-0.25, -0.2) is 14.3 Å². The number of amides is 3. The molecular weight excluding hydrogens is 496 g/mol. The van der Waals surface area contributed by atoms with Crippen LogP contribution in [0.15, 0.2) is 66.7 Å². The Morgan fingerprint density at radius 2 is 1.53 bits per heavy atom. The van der Waals surface area contributed by atoms with Gasteiger partial charge in [0.25, 0.3) is 11.8 Å². The van der Waals surface area contributed by atoms with E-state index in [1.165, 1.54) is 11.5 Å². The van der Waals surface area contributed by atoms with E-state index in [1.807, 2.05) is 0 Å². The molecule has 3 aromatic rings. The third kappa shape index (κ3) is 8.21. The molecule has 0 saturated heterocycles. The minimum Gasteiger partial charge on any atom is -0.339 e. The molecule has 0 unspecified atom stereocenters. The highest BCUT2D eigenvalue weighted by atomic mass is 19.2. The molecule has 0 spiro atoms. The van der Waals surface area contributed by atoms with Gasteiger partial charge in [0.1, 0.15) is 6.04 Å². The van der Waals surface area contributed by atoms with Gasteiger partial charge in [-0.05, 0) is 66.2 Å². The van der Waals surface area contributed by atoms with Crippen molar-refractivity contribution in [2.75, 3.05) is 18.4 Å². The normalized spacial score (nSPS) is 11.1. The molecule has 0 aliphatic rings. The minimum atomic E-state index is -1.07. The maximum atomic E-state index is 13.2. The Hall–Kier alpha value is -4.63. The minimum absolute atomic E-state index is 0.0178. The van der Waals surface area contributed by atoms with E-state index in [4.69, 9.17) is 10.9 Å². The van der Waals surface area contributed by atoms with Gasteiger partial charge in [0.2, 0.25) is 5.91 Å². The number of hydrogen-bond acceptors (Lipinski definition) is 6. The molecule has 0 heterocycles. The number of benzene rings is 3. The smallest absolute Gasteiger partial charge is 0.267 e. The van der Waals surface area contributed by atoms with E-state index in [1.54, 1.807) is 48.5 Å². The molecule has 1 atom stereocenters. The van der Waals surface area contributed by atoms with Crippen molar-refractivity contribution in [1.29, 1.82) is 0 Å². The second kappa shape index (κ2) is 13.6. The van der Waals surface area contributed by atoms with Crippen molar-refractivity contribution in [3.63, 3.8) is 0 Å². The van der Waals surface area contributed by atoms with Gasteiger partial charge in [-0.2, -0.15) is 0 Å². The highest BCUT2D eigenvalue weighted by molar-refractivity contribution is 5.97. The topological polar surface area (TPSA) is 146 Å². The average molecular weight is 522 g/mol. The molecule has 3 rings (SSSR count). The molecule has 0 fully saturated rings. The second-order valence-corrected chi connectivity index (χ2v) is 8.04. The number of carbonyl (C=O) groups is 3. The molecular formula is C27H25F2N5O4. The third-order valence-electron chi connectivity index (χ3n) is 5.23. The molecule has 196 valence electrons. The summed E-state index contributed by atoms with van der Waals surface area (Å²) in [4.78, 5) is 35.8. The first kappa shape index (κ1) is 27.9. The first-order chi connectivity index (χ1) is 18.3. The van der Waals surface area contributed by atoms with E-state index in [0.29, 0.717) is 27.9 Å². The number of rotatable bonds is 9. The van der Waals surface area contributed by atoms with E-state index in [-0.39, 0.29) is 25.5 Å². The lowest BCUT2D eigenvalue weighted by Gasteiger charge is -2.14. The summed E-state index contributed by atoms with van der Waals surface area (Å²) in [5.74, 6) is 2.45. The van der Waals surface area contributed by atoms with Gasteiger partial charge in [-0.1, -0.05) is 17.9 Å². The van der Waals surface area contributed by atoms with E-state index >= 15 is 0 Å². The maximum absolute atomic E-state index is 13.2. The van der Waals surface area contributed by atoms with Gasteiger partial charge < -0.3 is 21.7 Å². The molecule has 0 aliphatic carbocycles. The number of anilines is 1. The van der Waals surface area contributed by atoms with Crippen LogP contribution in [0.4, 0.5) is 14.5 Å². The largest absolute Gasteiger partial charge is 0.339 e. The van der Waals surface area contributed by atoms with Crippen LogP contribution in [0.1, 0.15) is 27.0 Å². The summed E-state index contributed by atoms with van der Waals surface area (Å²) in [5.41, 5.74) is 9.59. The zero-order valence-corrected chi connectivity index (χ0v) is 20.1. The summed E-state index contributed by atoms with van der Waals surface area (Å²) in [7, 11) is 0. The van der Waals surface area contributed by atoms with E-state index < -0.39 is 29.5 Å². The van der Waals surface area contributed by atoms with Crippen LogP contribution in [-0.4, -0.2) is 42.1 Å². The lowest BCUT2D eigenvalue weighted by atomic mass is 10.1. The van der Waals surface area contributed by atoms with Crippen LogP contribution in [0.5, 0.6) is 0 Å². The second-order valence-electron chi connectivity index (χ2n) is 8.04. The Balaban J connectivity index is 1.49. The zero-order valence-electron chi connectivity index (χ0n) is 20.1. The zero-order chi connectivity index (χ0) is 27.5. The van der Waals surface area contributed by atoms with Crippen molar-refractivity contribution in [2.45, 2.75) is 12.6 Å². The lowest BCUT2D eigenvalue weighted by molar-refractivity contribution is -0.130. The quantitative estimate of drug-likeness (QED) is 0.144. The fourth-order valence-electron chi connectivity index (χ4n) is 3.21. The standard InChI is InChI=1S/C27H25F2N5O4/c28-22-12-7-19(13-23(22)29)15-31-16-25(35)32-21-10-5-18(6-11-21)2-1-17-3-8-20(9-4-17)26(36)33-24(14-30)27(37)34-38/h3-13,24,31,38H,14-16,30H2,(H,32,35)(H,33,36)(H,34,37)/t24-/m0/s1. The van der Waals surface area contributed by atoms with Gasteiger partial charge in [0, 0.05) is 35.5 Å². The van der Waals surface area contributed by atoms with Crippen LogP contribution in [-0.2, 0) is 16.1 Å². The Bertz CT molecular complexity index is 1350. The summed E-state index contributed by atoms with van der Waals surface area (Å²) in [6, 6.07) is 15.7. The molecule has 0 aromatic heterocycles. The molecule has 38 heavy (non-hydrogen) atoms. The Morgan fingerprint density at radius 3 is 2.11 bits per heavy atom. The van der Waals surface area contributed by atoms with Crippen molar-refractivity contribution in [3.8, 4) is 11.8 Å². The van der Waals surface area contributed by atoms with Crippen LogP contribution in [0, 0.1) is 23.5 Å². The molecule has 0 radical (unpaired) electrons. The molecule has 9 nitrogen and oxygen atoms in total. The summed E-state index contributed by atoms with van der Waals surface area (Å²) >= 11 is 0. The number of carbonyl (C=O) groups excluding carboxylic acids is 3. The third-order valence-corrected chi connectivity index (χ3v) is 5.23. The van der Waals surface area contributed by atoms with Crippen LogP contribution in [0.2, 0.25) is 0 Å². The van der Waals surface area contributed by atoms with Crippen molar-refractivity contribution >= 4 is 23.4 Å². The van der Waals surface area contributed by atoms with Crippen LogP contribution in [0.25, 0.3) is 0 Å². The highest BCUT2D eigenvalue weighted by Gasteiger charge is 2.19. The monoisotopic (exact) mass is 521 g/mol. The molecule has 0 bridgehead atoms. The predicted octanol–water partition coefficient (Wildman–Crippen LogP) is 1.66. The lowest BCUT2D eigenvalue weighted by Crippen LogP contribution is -2.50. The maximum Gasteiger partial charge on any atom is 0.267 e. The van der Waals surface area contributed by atoms with Crippen LogP contribution in [0.3, 0.4) is 0 Å². The molecule has 11 heteroatoms. The SMILES string of the molecule is NC[C@H](NC(=O)c1ccc(C#Cc2ccc(NC(=O)CNCc3ccc(F)c(F)c3)cc2)cc1)C(=O)NO. The number of hydroxylamine groups is 1. The van der Waals surface area contributed by atoms with Crippen molar-refractivity contribution in [1.82, 2.24) is 16.1 Å². The van der Waals surface area contributed by atoms with Gasteiger partial charge >= 0.3 is 0 Å². The van der Waals surface area contributed by atoms with E-state index in [2.05, 4.69) is 27.8 Å². The van der Waals surface area contributed by atoms with Crippen molar-refractivity contribution < 1.29 is 28.4 Å². The summed E-state index contributed by atoms with van der Waals surface area (Å²) in [6.07, 6.45) is 0. The average Bonchev–Trinajstić information content (AvgIpc) is 2.93. The molecule has 3 amide bonds. The number of hydrogen-bond donors (Lipinski definition) is 6. The van der Waals surface area contributed by atoms with E-state index in [9.17, 15) is 23.2 Å². The summed E-state index contributed by atoms with van der Waals surface area (Å²) in [6.45, 7) is 0.0108. The number of halogens is 2.